The Bertz CT molecular complexity index is 355. The van der Waals surface area contributed by atoms with Crippen molar-refractivity contribution < 1.29 is 24.1 Å². The van der Waals surface area contributed by atoms with Crippen LogP contribution in [0.4, 0.5) is 8.78 Å². The fourth-order valence-electron chi connectivity index (χ4n) is 1.28. The summed E-state index contributed by atoms with van der Waals surface area (Å²) in [6, 6.07) is 2.52. The number of hydrogen-bond acceptors (Lipinski definition) is 3. The van der Waals surface area contributed by atoms with Crippen molar-refractivity contribution in [3.05, 3.63) is 35.4 Å². The predicted octanol–water partition coefficient (Wildman–Crippen LogP) is 0.526. The molecule has 3 nitrogen and oxygen atoms in total. The molecule has 1 aromatic rings. The lowest BCUT2D eigenvalue weighted by molar-refractivity contribution is -0.105. The molecule has 0 amide bonds. The molecule has 0 aliphatic rings. The molecule has 1 rings (SSSR count). The van der Waals surface area contributed by atoms with Crippen molar-refractivity contribution in [2.45, 2.75) is 18.6 Å². The molecule has 0 unspecified atom stereocenters. The van der Waals surface area contributed by atoms with Crippen molar-refractivity contribution in [2.75, 3.05) is 6.61 Å². The van der Waals surface area contributed by atoms with Crippen LogP contribution in [0.5, 0.6) is 0 Å². The van der Waals surface area contributed by atoms with Crippen LogP contribution < -0.4 is 0 Å². The predicted molar refractivity (Wildman–Crippen MR) is 49.0 cm³/mol. The Morgan fingerprint density at radius 3 is 2.40 bits per heavy atom. The molecule has 0 bridgehead atoms. The van der Waals surface area contributed by atoms with Gasteiger partial charge in [-0.25, -0.2) is 8.78 Å². The maximum absolute atomic E-state index is 13.3. The van der Waals surface area contributed by atoms with E-state index in [9.17, 15) is 19.0 Å². The van der Waals surface area contributed by atoms with Crippen molar-refractivity contribution in [1.29, 1.82) is 0 Å². The Morgan fingerprint density at radius 1 is 1.40 bits per heavy atom. The lowest BCUT2D eigenvalue weighted by atomic mass is 9.89. The van der Waals surface area contributed by atoms with E-state index in [1.54, 1.807) is 0 Å². The monoisotopic (exact) mass is 218 g/mol. The van der Waals surface area contributed by atoms with E-state index in [4.69, 9.17) is 5.11 Å². The van der Waals surface area contributed by atoms with Crippen LogP contribution in [0.25, 0.3) is 0 Å². The highest BCUT2D eigenvalue weighted by Crippen LogP contribution is 2.27. The summed E-state index contributed by atoms with van der Waals surface area (Å²) in [5, 5.41) is 28.0. The maximum Gasteiger partial charge on any atom is 0.141 e. The number of aliphatic hydroxyl groups excluding tert-OH is 2. The normalized spacial score (nSPS) is 17.2. The minimum Gasteiger partial charge on any atom is -0.393 e. The molecule has 0 aromatic heterocycles. The summed E-state index contributed by atoms with van der Waals surface area (Å²) in [6.07, 6.45) is -1.37. The fraction of sp³-hybridized carbons (Fsp3) is 0.400. The first-order chi connectivity index (χ1) is 6.91. The first kappa shape index (κ1) is 12.0. The Morgan fingerprint density at radius 2 is 2.00 bits per heavy atom. The lowest BCUT2D eigenvalue weighted by Gasteiger charge is -2.29. The van der Waals surface area contributed by atoms with E-state index in [1.807, 2.05) is 0 Å². The summed E-state index contributed by atoms with van der Waals surface area (Å²) in [5.41, 5.74) is -2.45. The van der Waals surface area contributed by atoms with Crippen molar-refractivity contribution >= 4 is 0 Å². The second-order valence-electron chi connectivity index (χ2n) is 3.38. The van der Waals surface area contributed by atoms with Gasteiger partial charge < -0.3 is 15.3 Å². The molecule has 3 N–H and O–H groups in total. The topological polar surface area (TPSA) is 60.7 Å². The lowest BCUT2D eigenvalue weighted by Crippen LogP contribution is -2.42. The van der Waals surface area contributed by atoms with Gasteiger partial charge in [0.15, 0.2) is 0 Å². The van der Waals surface area contributed by atoms with Gasteiger partial charge in [-0.3, -0.25) is 0 Å². The minimum absolute atomic E-state index is 0.332. The standard InChI is InChI=1S/C10H12F2O3/c1-6(14)10(15,5-13)8-3-2-7(11)4-9(8)12/h2-4,6,13-15H,5H2,1H3/t6-,10-/m0/s1. The van der Waals surface area contributed by atoms with E-state index in [0.717, 1.165) is 12.1 Å². The summed E-state index contributed by atoms with van der Waals surface area (Å²) in [4.78, 5) is 0. The summed E-state index contributed by atoms with van der Waals surface area (Å²) >= 11 is 0. The highest BCUT2D eigenvalue weighted by molar-refractivity contribution is 5.26. The van der Waals surface area contributed by atoms with Crippen LogP contribution >= 0.6 is 0 Å². The molecule has 5 heteroatoms. The summed E-state index contributed by atoms with van der Waals surface area (Å²) in [7, 11) is 0. The molecule has 0 saturated heterocycles. The highest BCUT2D eigenvalue weighted by Gasteiger charge is 2.36. The average Bonchev–Trinajstić information content (AvgIpc) is 2.16. The van der Waals surface area contributed by atoms with Crippen molar-refractivity contribution in [3.8, 4) is 0 Å². The largest absolute Gasteiger partial charge is 0.393 e. The zero-order valence-corrected chi connectivity index (χ0v) is 8.11. The molecule has 2 atom stereocenters. The molecule has 1 aromatic carbocycles. The molecule has 15 heavy (non-hydrogen) atoms. The number of benzene rings is 1. The third-order valence-electron chi connectivity index (χ3n) is 2.33. The van der Waals surface area contributed by atoms with Gasteiger partial charge in [0.05, 0.1) is 12.7 Å². The molecule has 0 fully saturated rings. The van der Waals surface area contributed by atoms with Gasteiger partial charge >= 0.3 is 0 Å². The van der Waals surface area contributed by atoms with Crippen molar-refractivity contribution in [3.63, 3.8) is 0 Å². The van der Waals surface area contributed by atoms with Crippen LogP contribution in [0.2, 0.25) is 0 Å². The molecule has 0 spiro atoms. The van der Waals surface area contributed by atoms with E-state index in [1.165, 1.54) is 6.92 Å². The van der Waals surface area contributed by atoms with E-state index in [-0.39, 0.29) is 5.56 Å². The Labute approximate surface area is 85.6 Å². The third-order valence-corrected chi connectivity index (χ3v) is 2.33. The van der Waals surface area contributed by atoms with Gasteiger partial charge in [-0.1, -0.05) is 6.07 Å². The summed E-state index contributed by atoms with van der Waals surface area (Å²) < 4.78 is 25.9. The van der Waals surface area contributed by atoms with Gasteiger partial charge in [0.1, 0.15) is 17.2 Å². The van der Waals surface area contributed by atoms with Crippen LogP contribution in [-0.4, -0.2) is 28.0 Å². The van der Waals surface area contributed by atoms with E-state index in [0.29, 0.717) is 6.07 Å². The van der Waals surface area contributed by atoms with Gasteiger partial charge in [-0.15, -0.1) is 0 Å². The molecule has 0 heterocycles. The molecular formula is C10H12F2O3. The Balaban J connectivity index is 3.24. The van der Waals surface area contributed by atoms with Crippen LogP contribution in [-0.2, 0) is 5.60 Å². The molecule has 0 aliphatic heterocycles. The van der Waals surface area contributed by atoms with Gasteiger partial charge in [-0.2, -0.15) is 0 Å². The SMILES string of the molecule is C[C@H](O)[C@@](O)(CO)c1ccc(F)cc1F. The number of aliphatic hydroxyl groups is 3. The molecular weight excluding hydrogens is 206 g/mol. The zero-order chi connectivity index (χ0) is 11.6. The third kappa shape index (κ3) is 2.14. The van der Waals surface area contributed by atoms with Crippen LogP contribution in [0.1, 0.15) is 12.5 Å². The minimum atomic E-state index is -2.11. The van der Waals surface area contributed by atoms with E-state index in [2.05, 4.69) is 0 Å². The van der Waals surface area contributed by atoms with Crippen LogP contribution in [0, 0.1) is 11.6 Å². The zero-order valence-electron chi connectivity index (χ0n) is 8.11. The Hall–Kier alpha value is -1.04. The first-order valence-corrected chi connectivity index (χ1v) is 4.38. The van der Waals surface area contributed by atoms with Gasteiger partial charge in [0.25, 0.3) is 0 Å². The molecule has 0 saturated carbocycles. The van der Waals surface area contributed by atoms with E-state index >= 15 is 0 Å². The second-order valence-corrected chi connectivity index (χ2v) is 3.38. The molecule has 0 radical (unpaired) electrons. The van der Waals surface area contributed by atoms with Gasteiger partial charge in [0, 0.05) is 11.6 Å². The second kappa shape index (κ2) is 4.22. The van der Waals surface area contributed by atoms with E-state index < -0.39 is 29.9 Å². The number of hydrogen-bond donors (Lipinski definition) is 3. The first-order valence-electron chi connectivity index (χ1n) is 4.38. The Kier molecular flexibility index (Phi) is 3.38. The van der Waals surface area contributed by atoms with Crippen molar-refractivity contribution in [2.24, 2.45) is 0 Å². The van der Waals surface area contributed by atoms with Gasteiger partial charge in [-0.05, 0) is 13.0 Å². The fourth-order valence-corrected chi connectivity index (χ4v) is 1.28. The highest BCUT2D eigenvalue weighted by atomic mass is 19.1. The quantitative estimate of drug-likeness (QED) is 0.693. The summed E-state index contributed by atoms with van der Waals surface area (Å²) in [6.45, 7) is 0.353. The van der Waals surface area contributed by atoms with Crippen LogP contribution in [0.3, 0.4) is 0 Å². The molecule has 0 aliphatic carbocycles. The molecule has 84 valence electrons. The number of halogens is 2. The maximum atomic E-state index is 13.3. The summed E-state index contributed by atoms with van der Waals surface area (Å²) in [5.74, 6) is -1.80. The average molecular weight is 218 g/mol. The smallest absolute Gasteiger partial charge is 0.141 e. The van der Waals surface area contributed by atoms with Gasteiger partial charge in [0.2, 0.25) is 0 Å². The number of rotatable bonds is 3. The van der Waals surface area contributed by atoms with Crippen molar-refractivity contribution in [1.82, 2.24) is 0 Å². The van der Waals surface area contributed by atoms with Crippen LogP contribution in [0.15, 0.2) is 18.2 Å².